The van der Waals surface area contributed by atoms with Gasteiger partial charge in [-0.2, -0.15) is 0 Å². The molecule has 24 heavy (non-hydrogen) atoms. The van der Waals surface area contributed by atoms with Crippen LogP contribution < -0.4 is 10.1 Å². The van der Waals surface area contributed by atoms with Crippen molar-refractivity contribution in [1.82, 2.24) is 5.32 Å². The monoisotopic (exact) mass is 327 g/mol. The molecule has 0 aliphatic carbocycles. The number of amides is 1. The molecule has 1 unspecified atom stereocenters. The van der Waals surface area contributed by atoms with E-state index in [1.54, 1.807) is 24.3 Å². The van der Waals surface area contributed by atoms with Crippen molar-refractivity contribution in [2.75, 3.05) is 6.61 Å². The molecular weight excluding hydrogens is 306 g/mol. The smallest absolute Gasteiger partial charge is 0.307 e. The van der Waals surface area contributed by atoms with Crippen molar-refractivity contribution in [3.05, 3.63) is 65.2 Å². The van der Waals surface area contributed by atoms with Crippen LogP contribution >= 0.6 is 0 Å². The number of nitrogens with one attached hydrogen (secondary N) is 1. The second-order valence-corrected chi connectivity index (χ2v) is 5.65. The van der Waals surface area contributed by atoms with Crippen LogP contribution in [0.5, 0.6) is 5.75 Å². The van der Waals surface area contributed by atoms with Crippen molar-refractivity contribution in [3.8, 4) is 5.75 Å². The minimum atomic E-state index is -0.881. The molecule has 2 rings (SSSR count). The second-order valence-electron chi connectivity index (χ2n) is 5.65. The van der Waals surface area contributed by atoms with Crippen LogP contribution in [0.25, 0.3) is 0 Å². The first-order chi connectivity index (χ1) is 11.5. The molecule has 1 atom stereocenters. The molecule has 0 bridgehead atoms. The van der Waals surface area contributed by atoms with Gasteiger partial charge in [-0.25, -0.2) is 0 Å². The highest BCUT2D eigenvalue weighted by molar-refractivity contribution is 5.78. The molecule has 0 aromatic heterocycles. The van der Waals surface area contributed by atoms with E-state index in [-0.39, 0.29) is 25.0 Å². The molecule has 0 saturated heterocycles. The van der Waals surface area contributed by atoms with E-state index in [1.807, 2.05) is 38.1 Å². The first-order valence-electron chi connectivity index (χ1n) is 7.74. The zero-order valence-corrected chi connectivity index (χ0v) is 13.8. The van der Waals surface area contributed by atoms with E-state index in [0.29, 0.717) is 11.3 Å². The van der Waals surface area contributed by atoms with Crippen LogP contribution in [-0.2, 0) is 16.0 Å². The fraction of sp³-hybridized carbons (Fsp3) is 0.263. The Balaban J connectivity index is 1.84. The molecule has 5 heteroatoms. The summed E-state index contributed by atoms with van der Waals surface area (Å²) in [6.45, 7) is 3.85. The summed E-state index contributed by atoms with van der Waals surface area (Å²) in [6.07, 6.45) is -0.0330. The molecule has 0 spiro atoms. The summed E-state index contributed by atoms with van der Waals surface area (Å²) in [6, 6.07) is 14.5. The average Bonchev–Trinajstić information content (AvgIpc) is 2.54. The molecule has 0 radical (unpaired) electrons. The normalized spacial score (nSPS) is 11.6. The zero-order chi connectivity index (χ0) is 17.5. The van der Waals surface area contributed by atoms with Gasteiger partial charge in [0.1, 0.15) is 5.75 Å². The fourth-order valence-electron chi connectivity index (χ4n) is 2.46. The second kappa shape index (κ2) is 8.15. The molecule has 0 aliphatic rings. The van der Waals surface area contributed by atoms with Crippen molar-refractivity contribution < 1.29 is 19.4 Å². The predicted molar refractivity (Wildman–Crippen MR) is 91.0 cm³/mol. The first-order valence-corrected chi connectivity index (χ1v) is 7.74. The third kappa shape index (κ3) is 5.12. The van der Waals surface area contributed by atoms with Crippen LogP contribution in [0.3, 0.4) is 0 Å². The molecule has 0 fully saturated rings. The molecule has 1 amide bonds. The lowest BCUT2D eigenvalue weighted by atomic mass is 10.0. The molecule has 0 heterocycles. The minimum Gasteiger partial charge on any atom is -0.484 e. The van der Waals surface area contributed by atoms with Gasteiger partial charge in [0.15, 0.2) is 6.61 Å². The van der Waals surface area contributed by atoms with E-state index < -0.39 is 5.97 Å². The minimum absolute atomic E-state index is 0.0330. The average molecular weight is 327 g/mol. The summed E-state index contributed by atoms with van der Waals surface area (Å²) >= 11 is 0. The SMILES string of the molecule is Cc1ccccc1C(C)NC(=O)COc1ccc(CC(=O)O)cc1. The van der Waals surface area contributed by atoms with Gasteiger partial charge in [-0.1, -0.05) is 36.4 Å². The number of carboxylic acids is 1. The van der Waals surface area contributed by atoms with Crippen LogP contribution in [0.4, 0.5) is 0 Å². The highest BCUT2D eigenvalue weighted by Crippen LogP contribution is 2.17. The van der Waals surface area contributed by atoms with Crippen LogP contribution in [0.2, 0.25) is 0 Å². The number of rotatable bonds is 7. The van der Waals surface area contributed by atoms with Gasteiger partial charge in [-0.3, -0.25) is 9.59 Å². The van der Waals surface area contributed by atoms with Gasteiger partial charge < -0.3 is 15.2 Å². The Morgan fingerprint density at radius 3 is 2.42 bits per heavy atom. The summed E-state index contributed by atoms with van der Waals surface area (Å²) in [5, 5.41) is 11.6. The van der Waals surface area contributed by atoms with Crippen molar-refractivity contribution >= 4 is 11.9 Å². The molecule has 5 nitrogen and oxygen atoms in total. The van der Waals surface area contributed by atoms with E-state index in [4.69, 9.17) is 9.84 Å². The third-order valence-corrected chi connectivity index (χ3v) is 3.68. The van der Waals surface area contributed by atoms with Gasteiger partial charge in [0, 0.05) is 0 Å². The lowest BCUT2D eigenvalue weighted by Crippen LogP contribution is -2.31. The van der Waals surface area contributed by atoms with E-state index in [9.17, 15) is 9.59 Å². The van der Waals surface area contributed by atoms with Crippen molar-refractivity contribution in [2.24, 2.45) is 0 Å². The van der Waals surface area contributed by atoms with Gasteiger partial charge in [0.25, 0.3) is 5.91 Å². The topological polar surface area (TPSA) is 75.6 Å². The molecular formula is C19H21NO4. The number of carbonyl (C=O) groups is 2. The Kier molecular flexibility index (Phi) is 5.95. The lowest BCUT2D eigenvalue weighted by Gasteiger charge is -2.16. The van der Waals surface area contributed by atoms with Gasteiger partial charge in [-0.05, 0) is 42.7 Å². The summed E-state index contributed by atoms with van der Waals surface area (Å²) < 4.78 is 5.44. The molecule has 0 aliphatic heterocycles. The Morgan fingerprint density at radius 2 is 1.79 bits per heavy atom. The van der Waals surface area contributed by atoms with Gasteiger partial charge in [0.2, 0.25) is 0 Å². The number of hydrogen-bond donors (Lipinski definition) is 2. The standard InChI is InChI=1S/C19H21NO4/c1-13-5-3-4-6-17(13)14(2)20-18(21)12-24-16-9-7-15(8-10-16)11-19(22)23/h3-10,14H,11-12H2,1-2H3,(H,20,21)(H,22,23). The first kappa shape index (κ1) is 17.5. The Labute approximate surface area is 141 Å². The summed E-state index contributed by atoms with van der Waals surface area (Å²) in [5.41, 5.74) is 2.89. The zero-order valence-electron chi connectivity index (χ0n) is 13.8. The molecule has 0 saturated carbocycles. The maximum atomic E-state index is 12.0. The number of ether oxygens (including phenoxy) is 1. The van der Waals surface area contributed by atoms with Crippen molar-refractivity contribution in [3.63, 3.8) is 0 Å². The highest BCUT2D eigenvalue weighted by atomic mass is 16.5. The van der Waals surface area contributed by atoms with E-state index in [2.05, 4.69) is 5.32 Å². The molecule has 2 aromatic rings. The Morgan fingerprint density at radius 1 is 1.12 bits per heavy atom. The van der Waals surface area contributed by atoms with Crippen LogP contribution in [0, 0.1) is 6.92 Å². The summed E-state index contributed by atoms with van der Waals surface area (Å²) in [4.78, 5) is 22.6. The van der Waals surface area contributed by atoms with E-state index in [1.165, 1.54) is 0 Å². The number of hydrogen-bond acceptors (Lipinski definition) is 3. The number of carbonyl (C=O) groups excluding carboxylic acids is 1. The number of aryl methyl sites for hydroxylation is 1. The molecule has 2 N–H and O–H groups in total. The Bertz CT molecular complexity index is 710. The lowest BCUT2D eigenvalue weighted by molar-refractivity contribution is -0.136. The van der Waals surface area contributed by atoms with Crippen molar-refractivity contribution in [1.29, 1.82) is 0 Å². The van der Waals surface area contributed by atoms with Crippen molar-refractivity contribution in [2.45, 2.75) is 26.3 Å². The van der Waals surface area contributed by atoms with E-state index in [0.717, 1.165) is 11.1 Å². The van der Waals surface area contributed by atoms with Gasteiger partial charge in [-0.15, -0.1) is 0 Å². The molecule has 2 aromatic carbocycles. The molecule has 126 valence electrons. The largest absolute Gasteiger partial charge is 0.484 e. The van der Waals surface area contributed by atoms with Crippen LogP contribution in [-0.4, -0.2) is 23.6 Å². The Hall–Kier alpha value is -2.82. The predicted octanol–water partition coefficient (Wildman–Crippen LogP) is 2.88. The van der Waals surface area contributed by atoms with Crippen LogP contribution in [0.1, 0.15) is 29.7 Å². The quantitative estimate of drug-likeness (QED) is 0.820. The number of aliphatic carboxylic acids is 1. The number of carboxylic acid groups (broad SMARTS) is 1. The third-order valence-electron chi connectivity index (χ3n) is 3.68. The fourth-order valence-corrected chi connectivity index (χ4v) is 2.46. The summed E-state index contributed by atoms with van der Waals surface area (Å²) in [5.74, 6) is -0.559. The summed E-state index contributed by atoms with van der Waals surface area (Å²) in [7, 11) is 0. The highest BCUT2D eigenvalue weighted by Gasteiger charge is 2.11. The maximum absolute atomic E-state index is 12.0. The van der Waals surface area contributed by atoms with Gasteiger partial charge in [0.05, 0.1) is 12.5 Å². The van der Waals surface area contributed by atoms with Gasteiger partial charge >= 0.3 is 5.97 Å². The van der Waals surface area contributed by atoms with Crippen LogP contribution in [0.15, 0.2) is 48.5 Å². The number of benzene rings is 2. The maximum Gasteiger partial charge on any atom is 0.307 e. The van der Waals surface area contributed by atoms with E-state index >= 15 is 0 Å².